The SMILES string of the molecule is C=C(NC1CCNCC1)C1CCC(c2ccc(O)cc2)=C(c2ccc(C)cc2)C1. The van der Waals surface area contributed by atoms with E-state index < -0.39 is 0 Å². The normalized spacial score (nSPS) is 20.5. The van der Waals surface area contributed by atoms with Crippen molar-refractivity contribution in [3.63, 3.8) is 0 Å². The molecule has 0 bridgehead atoms. The van der Waals surface area contributed by atoms with Gasteiger partial charge in [-0.3, -0.25) is 0 Å². The molecule has 1 saturated heterocycles. The Balaban J connectivity index is 1.60. The van der Waals surface area contributed by atoms with Crippen LogP contribution in [0.15, 0.2) is 60.8 Å². The topological polar surface area (TPSA) is 44.3 Å². The highest BCUT2D eigenvalue weighted by Gasteiger charge is 2.26. The van der Waals surface area contributed by atoms with Crippen LogP contribution in [-0.4, -0.2) is 24.2 Å². The molecule has 2 aromatic carbocycles. The van der Waals surface area contributed by atoms with E-state index in [1.165, 1.54) is 46.4 Å². The van der Waals surface area contributed by atoms with Crippen molar-refractivity contribution < 1.29 is 5.11 Å². The fourth-order valence-corrected chi connectivity index (χ4v) is 4.61. The van der Waals surface area contributed by atoms with Crippen LogP contribution in [0.3, 0.4) is 0 Å². The zero-order chi connectivity index (χ0) is 20.2. The molecule has 1 fully saturated rings. The molecular weight excluding hydrogens is 356 g/mol. The molecule has 1 heterocycles. The highest BCUT2D eigenvalue weighted by molar-refractivity contribution is 5.92. The van der Waals surface area contributed by atoms with E-state index in [-0.39, 0.29) is 0 Å². The van der Waals surface area contributed by atoms with Crippen LogP contribution in [0.2, 0.25) is 0 Å². The number of hydrogen-bond acceptors (Lipinski definition) is 3. The van der Waals surface area contributed by atoms with Gasteiger partial charge in [0.15, 0.2) is 0 Å². The lowest BCUT2D eigenvalue weighted by Gasteiger charge is -2.33. The maximum Gasteiger partial charge on any atom is 0.115 e. The van der Waals surface area contributed by atoms with Crippen LogP contribution >= 0.6 is 0 Å². The van der Waals surface area contributed by atoms with E-state index in [1.54, 1.807) is 12.1 Å². The van der Waals surface area contributed by atoms with Gasteiger partial charge < -0.3 is 15.7 Å². The number of nitrogens with one attached hydrogen (secondary N) is 2. The second-order valence-corrected chi connectivity index (χ2v) is 8.50. The second-order valence-electron chi connectivity index (χ2n) is 8.50. The molecule has 3 N–H and O–H groups in total. The average molecular weight is 389 g/mol. The van der Waals surface area contributed by atoms with Gasteiger partial charge in [0.05, 0.1) is 0 Å². The fraction of sp³-hybridized carbons (Fsp3) is 0.385. The molecule has 0 amide bonds. The Morgan fingerprint density at radius 1 is 0.931 bits per heavy atom. The summed E-state index contributed by atoms with van der Waals surface area (Å²) in [5.41, 5.74) is 7.82. The van der Waals surface area contributed by atoms with Gasteiger partial charge in [0.25, 0.3) is 0 Å². The molecule has 2 aromatic rings. The number of aromatic hydroxyl groups is 1. The largest absolute Gasteiger partial charge is 0.508 e. The lowest BCUT2D eigenvalue weighted by atomic mass is 9.77. The maximum absolute atomic E-state index is 9.70. The monoisotopic (exact) mass is 388 g/mol. The first-order valence-electron chi connectivity index (χ1n) is 10.8. The third kappa shape index (κ3) is 4.73. The summed E-state index contributed by atoms with van der Waals surface area (Å²) in [6.45, 7) is 8.75. The van der Waals surface area contributed by atoms with Gasteiger partial charge in [0, 0.05) is 17.7 Å². The van der Waals surface area contributed by atoms with Crippen molar-refractivity contribution in [2.45, 2.75) is 45.1 Å². The number of rotatable bonds is 5. The smallest absolute Gasteiger partial charge is 0.115 e. The number of hydrogen-bond donors (Lipinski definition) is 3. The lowest BCUT2D eigenvalue weighted by molar-refractivity contribution is 0.389. The van der Waals surface area contributed by atoms with E-state index in [4.69, 9.17) is 0 Å². The standard InChI is InChI=1S/C26H32N2O/c1-18-3-5-21(6-4-18)26-17-22(19(2)28-23-13-15-27-16-14-23)9-12-25(26)20-7-10-24(29)11-8-20/h3-8,10-11,22-23,27-29H,2,9,12-17H2,1H3. The average Bonchev–Trinajstić information content (AvgIpc) is 2.75. The Morgan fingerprint density at radius 2 is 1.55 bits per heavy atom. The van der Waals surface area contributed by atoms with Crippen LogP contribution in [0, 0.1) is 12.8 Å². The van der Waals surface area contributed by atoms with Gasteiger partial charge in [-0.1, -0.05) is 48.5 Å². The quantitative estimate of drug-likeness (QED) is 0.654. The van der Waals surface area contributed by atoms with Crippen LogP contribution in [0.4, 0.5) is 0 Å². The van der Waals surface area contributed by atoms with Gasteiger partial charge in [-0.05, 0) is 86.5 Å². The van der Waals surface area contributed by atoms with Gasteiger partial charge in [-0.2, -0.15) is 0 Å². The predicted molar refractivity (Wildman–Crippen MR) is 122 cm³/mol. The minimum atomic E-state index is 0.319. The third-order valence-corrected chi connectivity index (χ3v) is 6.39. The first kappa shape index (κ1) is 19.8. The number of benzene rings is 2. The first-order chi connectivity index (χ1) is 14.1. The summed E-state index contributed by atoms with van der Waals surface area (Å²) in [6.07, 6.45) is 5.50. The van der Waals surface area contributed by atoms with E-state index in [2.05, 4.69) is 48.4 Å². The predicted octanol–water partition coefficient (Wildman–Crippen LogP) is 5.27. The molecule has 1 aliphatic heterocycles. The Morgan fingerprint density at radius 3 is 2.24 bits per heavy atom. The van der Waals surface area contributed by atoms with Crippen LogP contribution < -0.4 is 10.6 Å². The number of aryl methyl sites for hydroxylation is 1. The molecule has 3 nitrogen and oxygen atoms in total. The Kier molecular flexibility index (Phi) is 6.05. The summed E-state index contributed by atoms with van der Waals surface area (Å²) in [5.74, 6) is 0.779. The van der Waals surface area contributed by atoms with Crippen molar-refractivity contribution in [2.24, 2.45) is 5.92 Å². The van der Waals surface area contributed by atoms with Crippen LogP contribution in [0.5, 0.6) is 5.75 Å². The van der Waals surface area contributed by atoms with Gasteiger partial charge in [-0.15, -0.1) is 0 Å². The van der Waals surface area contributed by atoms with Crippen molar-refractivity contribution in [1.82, 2.24) is 10.6 Å². The van der Waals surface area contributed by atoms with Crippen molar-refractivity contribution in [2.75, 3.05) is 13.1 Å². The number of phenols is 1. The molecule has 2 aliphatic rings. The van der Waals surface area contributed by atoms with Crippen LogP contribution in [0.1, 0.15) is 48.8 Å². The molecule has 1 unspecified atom stereocenters. The number of piperidine rings is 1. The number of allylic oxidation sites excluding steroid dienone is 3. The minimum Gasteiger partial charge on any atom is -0.508 e. The van der Waals surface area contributed by atoms with Gasteiger partial charge >= 0.3 is 0 Å². The Labute approximate surface area is 174 Å². The summed E-state index contributed by atoms with van der Waals surface area (Å²) >= 11 is 0. The fourth-order valence-electron chi connectivity index (χ4n) is 4.61. The second kappa shape index (κ2) is 8.87. The molecule has 0 saturated carbocycles. The van der Waals surface area contributed by atoms with E-state index in [9.17, 15) is 5.11 Å². The van der Waals surface area contributed by atoms with Crippen LogP contribution in [-0.2, 0) is 0 Å². The molecule has 0 spiro atoms. The summed E-state index contributed by atoms with van der Waals surface area (Å²) in [4.78, 5) is 0. The van der Waals surface area contributed by atoms with E-state index in [0.717, 1.165) is 32.4 Å². The molecule has 1 atom stereocenters. The minimum absolute atomic E-state index is 0.319. The van der Waals surface area contributed by atoms with E-state index in [0.29, 0.717) is 17.7 Å². The molecule has 4 rings (SSSR count). The zero-order valence-electron chi connectivity index (χ0n) is 17.4. The van der Waals surface area contributed by atoms with Crippen molar-refractivity contribution in [1.29, 1.82) is 0 Å². The summed E-state index contributed by atoms with van der Waals surface area (Å²) in [5, 5.41) is 16.9. The maximum atomic E-state index is 9.70. The molecule has 0 aromatic heterocycles. The zero-order valence-corrected chi connectivity index (χ0v) is 17.4. The molecule has 1 aliphatic carbocycles. The van der Waals surface area contributed by atoms with Crippen molar-refractivity contribution >= 4 is 11.1 Å². The third-order valence-electron chi connectivity index (χ3n) is 6.39. The summed E-state index contributed by atoms with van der Waals surface area (Å²) in [6, 6.07) is 17.1. The molecule has 152 valence electrons. The van der Waals surface area contributed by atoms with E-state index in [1.807, 2.05) is 12.1 Å². The highest BCUT2D eigenvalue weighted by atomic mass is 16.3. The van der Waals surface area contributed by atoms with Gasteiger partial charge in [0.1, 0.15) is 5.75 Å². The summed E-state index contributed by atoms with van der Waals surface area (Å²) in [7, 11) is 0. The highest BCUT2D eigenvalue weighted by Crippen LogP contribution is 2.42. The molecular formula is C26H32N2O. The van der Waals surface area contributed by atoms with Gasteiger partial charge in [0.2, 0.25) is 0 Å². The van der Waals surface area contributed by atoms with Gasteiger partial charge in [-0.25, -0.2) is 0 Å². The van der Waals surface area contributed by atoms with E-state index >= 15 is 0 Å². The van der Waals surface area contributed by atoms with Crippen molar-refractivity contribution in [3.8, 4) is 5.75 Å². The lowest BCUT2D eigenvalue weighted by Crippen LogP contribution is -2.40. The first-order valence-corrected chi connectivity index (χ1v) is 10.8. The molecule has 29 heavy (non-hydrogen) atoms. The number of phenolic OH excluding ortho intramolecular Hbond substituents is 1. The Hall–Kier alpha value is -2.52. The van der Waals surface area contributed by atoms with Crippen molar-refractivity contribution in [3.05, 3.63) is 77.5 Å². The Bertz CT molecular complexity index is 874. The molecule has 0 radical (unpaired) electrons. The van der Waals surface area contributed by atoms with Crippen LogP contribution in [0.25, 0.3) is 11.1 Å². The summed E-state index contributed by atoms with van der Waals surface area (Å²) < 4.78 is 0. The molecule has 3 heteroatoms.